The molecule has 1 aromatic rings. The van der Waals surface area contributed by atoms with Crippen LogP contribution in [0, 0.1) is 23.7 Å². The van der Waals surface area contributed by atoms with Gasteiger partial charge in [0.1, 0.15) is 0 Å². The van der Waals surface area contributed by atoms with Crippen molar-refractivity contribution in [2.75, 3.05) is 19.6 Å². The first kappa shape index (κ1) is 20.8. The van der Waals surface area contributed by atoms with Gasteiger partial charge in [-0.3, -0.25) is 19.2 Å². The highest BCUT2D eigenvalue weighted by atomic mass is 127. The second kappa shape index (κ2) is 8.62. The molecule has 28 heavy (non-hydrogen) atoms. The number of hydrogen-bond donors (Lipinski definition) is 2. The predicted octanol–water partition coefficient (Wildman–Crippen LogP) is 0.900. The first-order valence-corrected chi connectivity index (χ1v) is 9.61. The number of nitrogens with zero attached hydrogens (tertiary/aromatic N) is 4. The van der Waals surface area contributed by atoms with Crippen molar-refractivity contribution >= 4 is 41.8 Å². The Morgan fingerprint density at radius 2 is 1.89 bits per heavy atom. The maximum atomic E-state index is 12.7. The van der Waals surface area contributed by atoms with E-state index in [0.717, 1.165) is 18.5 Å². The number of amides is 2. The number of halogens is 1. The number of aryl methyl sites for hydroxylation is 1. The Kier molecular flexibility index (Phi) is 6.41. The summed E-state index contributed by atoms with van der Waals surface area (Å²) >= 11 is 0. The molecule has 2 fully saturated rings. The minimum absolute atomic E-state index is 0. The SMILES string of the molecule is CCNC(=NCc1cnn(C)c1)NCCN1C(=O)C2C3C=CC(C3)C2C1=O.I. The zero-order chi connectivity index (χ0) is 19.0. The molecule has 2 amide bonds. The lowest BCUT2D eigenvalue weighted by Crippen LogP contribution is -2.43. The number of rotatable bonds is 6. The molecule has 1 aromatic heterocycles. The van der Waals surface area contributed by atoms with Gasteiger partial charge in [0.15, 0.2) is 5.96 Å². The van der Waals surface area contributed by atoms with Crippen LogP contribution < -0.4 is 10.6 Å². The molecule has 2 aliphatic carbocycles. The van der Waals surface area contributed by atoms with Crippen molar-refractivity contribution in [1.82, 2.24) is 25.3 Å². The van der Waals surface area contributed by atoms with Crippen molar-refractivity contribution in [3.05, 3.63) is 30.1 Å². The van der Waals surface area contributed by atoms with Gasteiger partial charge in [-0.15, -0.1) is 24.0 Å². The summed E-state index contributed by atoms with van der Waals surface area (Å²) in [6.07, 6.45) is 8.91. The average molecular weight is 498 g/mol. The number of aromatic nitrogens is 2. The van der Waals surface area contributed by atoms with E-state index in [1.807, 2.05) is 20.2 Å². The van der Waals surface area contributed by atoms with E-state index in [-0.39, 0.29) is 59.5 Å². The smallest absolute Gasteiger partial charge is 0.233 e. The van der Waals surface area contributed by atoms with Gasteiger partial charge in [-0.05, 0) is 25.2 Å². The number of guanidine groups is 1. The molecule has 4 unspecified atom stereocenters. The van der Waals surface area contributed by atoms with E-state index in [1.54, 1.807) is 10.9 Å². The molecule has 2 bridgehead atoms. The zero-order valence-electron chi connectivity index (χ0n) is 16.2. The van der Waals surface area contributed by atoms with Crippen molar-refractivity contribution in [1.29, 1.82) is 0 Å². The van der Waals surface area contributed by atoms with E-state index >= 15 is 0 Å². The van der Waals surface area contributed by atoms with E-state index in [9.17, 15) is 9.59 Å². The van der Waals surface area contributed by atoms with E-state index < -0.39 is 0 Å². The van der Waals surface area contributed by atoms with Crippen LogP contribution in [-0.4, -0.2) is 52.1 Å². The van der Waals surface area contributed by atoms with E-state index in [4.69, 9.17) is 0 Å². The van der Waals surface area contributed by atoms with Crippen molar-refractivity contribution in [3.63, 3.8) is 0 Å². The number of carbonyl (C=O) groups is 2. The van der Waals surface area contributed by atoms with Gasteiger partial charge in [-0.1, -0.05) is 12.2 Å². The number of likely N-dealkylation sites (tertiary alicyclic amines) is 1. The fourth-order valence-corrected chi connectivity index (χ4v) is 4.54. The zero-order valence-corrected chi connectivity index (χ0v) is 18.5. The summed E-state index contributed by atoms with van der Waals surface area (Å²) in [7, 11) is 1.87. The lowest BCUT2D eigenvalue weighted by Gasteiger charge is -2.18. The van der Waals surface area contributed by atoms with Crippen LogP contribution in [0.15, 0.2) is 29.5 Å². The molecule has 1 saturated carbocycles. The number of aliphatic imine (C=N–C) groups is 1. The van der Waals surface area contributed by atoms with Crippen molar-refractivity contribution < 1.29 is 9.59 Å². The van der Waals surface area contributed by atoms with Gasteiger partial charge in [-0.2, -0.15) is 5.10 Å². The standard InChI is InChI=1S/C19H26N6O2.HI/c1-3-20-19(22-9-12-10-23-24(2)11-12)21-6-7-25-17(26)15-13-4-5-14(8-13)16(15)18(25)27;/h4-5,10-11,13-16H,3,6-9H2,1-2H3,(H2,20,21,22);1H. The molecular weight excluding hydrogens is 471 g/mol. The molecule has 4 atom stereocenters. The van der Waals surface area contributed by atoms with Crippen molar-refractivity contribution in [3.8, 4) is 0 Å². The van der Waals surface area contributed by atoms with E-state index in [1.165, 1.54) is 4.90 Å². The highest BCUT2D eigenvalue weighted by Gasteiger charge is 2.58. The summed E-state index contributed by atoms with van der Waals surface area (Å²) < 4.78 is 1.74. The minimum Gasteiger partial charge on any atom is -0.357 e. The predicted molar refractivity (Wildman–Crippen MR) is 116 cm³/mol. The summed E-state index contributed by atoms with van der Waals surface area (Å²) in [5.74, 6) is 0.935. The topological polar surface area (TPSA) is 91.6 Å². The Labute approximate surface area is 181 Å². The Morgan fingerprint density at radius 3 is 2.46 bits per heavy atom. The average Bonchev–Trinajstić information content (AvgIpc) is 3.40. The van der Waals surface area contributed by atoms with Gasteiger partial charge in [0.05, 0.1) is 24.6 Å². The highest BCUT2D eigenvalue weighted by Crippen LogP contribution is 2.52. The van der Waals surface area contributed by atoms with Gasteiger partial charge < -0.3 is 10.6 Å². The highest BCUT2D eigenvalue weighted by molar-refractivity contribution is 14.0. The molecule has 0 radical (unpaired) electrons. The second-order valence-corrected chi connectivity index (χ2v) is 7.47. The van der Waals surface area contributed by atoms with Crippen LogP contribution in [0.4, 0.5) is 0 Å². The minimum atomic E-state index is -0.125. The van der Waals surface area contributed by atoms with E-state index in [2.05, 4.69) is 32.9 Å². The van der Waals surface area contributed by atoms with Gasteiger partial charge in [0, 0.05) is 38.4 Å². The largest absolute Gasteiger partial charge is 0.357 e. The lowest BCUT2D eigenvalue weighted by molar-refractivity contribution is -0.140. The molecule has 152 valence electrons. The van der Waals surface area contributed by atoms with Crippen molar-refractivity contribution in [2.24, 2.45) is 35.7 Å². The van der Waals surface area contributed by atoms with Crippen molar-refractivity contribution in [2.45, 2.75) is 19.9 Å². The number of fused-ring (bicyclic) bond motifs is 5. The Bertz CT molecular complexity index is 774. The lowest BCUT2D eigenvalue weighted by atomic mass is 9.85. The van der Waals surface area contributed by atoms with Crippen LogP contribution >= 0.6 is 24.0 Å². The molecule has 8 nitrogen and oxygen atoms in total. The Hall–Kier alpha value is -1.91. The first-order chi connectivity index (χ1) is 13.1. The first-order valence-electron chi connectivity index (χ1n) is 9.61. The van der Waals surface area contributed by atoms with Gasteiger partial charge in [-0.25, -0.2) is 4.99 Å². The summed E-state index contributed by atoms with van der Waals surface area (Å²) in [6.45, 7) is 4.11. The quantitative estimate of drug-likeness (QED) is 0.200. The number of imide groups is 1. The maximum absolute atomic E-state index is 12.7. The van der Waals surface area contributed by atoms with Crippen LogP contribution in [-0.2, 0) is 23.2 Å². The Morgan fingerprint density at radius 1 is 1.21 bits per heavy atom. The summed E-state index contributed by atoms with van der Waals surface area (Å²) in [5, 5.41) is 10.5. The van der Waals surface area contributed by atoms with E-state index in [0.29, 0.717) is 25.6 Å². The van der Waals surface area contributed by atoms with Crippen LogP contribution in [0.25, 0.3) is 0 Å². The monoisotopic (exact) mass is 498 g/mol. The number of carbonyl (C=O) groups excluding carboxylic acids is 2. The number of nitrogens with one attached hydrogen (secondary N) is 2. The van der Waals surface area contributed by atoms with Gasteiger partial charge >= 0.3 is 0 Å². The number of allylic oxidation sites excluding steroid dienone is 2. The third kappa shape index (κ3) is 3.81. The molecule has 1 saturated heterocycles. The van der Waals surface area contributed by atoms with Crippen LogP contribution in [0.2, 0.25) is 0 Å². The molecule has 0 aromatic carbocycles. The molecule has 9 heteroatoms. The molecule has 4 rings (SSSR count). The molecule has 2 N–H and O–H groups in total. The van der Waals surface area contributed by atoms with Gasteiger partial charge in [0.2, 0.25) is 11.8 Å². The van der Waals surface area contributed by atoms with Gasteiger partial charge in [0.25, 0.3) is 0 Å². The summed E-state index contributed by atoms with van der Waals surface area (Å²) in [4.78, 5) is 31.4. The molecule has 3 aliphatic rings. The summed E-state index contributed by atoms with van der Waals surface area (Å²) in [6, 6.07) is 0. The fraction of sp³-hybridized carbons (Fsp3) is 0.579. The third-order valence-corrected chi connectivity index (χ3v) is 5.71. The molecule has 1 aliphatic heterocycles. The Balaban J connectivity index is 0.00000225. The normalized spacial score (nSPS) is 27.9. The molecular formula is C19H27IN6O2. The number of hydrogen-bond acceptors (Lipinski definition) is 4. The fourth-order valence-electron chi connectivity index (χ4n) is 4.54. The summed E-state index contributed by atoms with van der Waals surface area (Å²) in [5.41, 5.74) is 1.02. The maximum Gasteiger partial charge on any atom is 0.233 e. The van der Waals surface area contributed by atoms with Crippen LogP contribution in [0.5, 0.6) is 0 Å². The second-order valence-electron chi connectivity index (χ2n) is 7.47. The van der Waals surface area contributed by atoms with Crippen LogP contribution in [0.3, 0.4) is 0 Å². The molecule has 2 heterocycles. The molecule has 0 spiro atoms. The van der Waals surface area contributed by atoms with Crippen LogP contribution in [0.1, 0.15) is 18.9 Å². The third-order valence-electron chi connectivity index (χ3n) is 5.71.